The molecular weight excluding hydrogens is 438 g/mol. The molecule has 1 saturated carbocycles. The number of halogens is 6. The zero-order valence-electron chi connectivity index (χ0n) is 17.0. The van der Waals surface area contributed by atoms with Crippen LogP contribution in [-0.4, -0.2) is 24.1 Å². The minimum absolute atomic E-state index is 0.0378. The van der Waals surface area contributed by atoms with Crippen molar-refractivity contribution >= 4 is 5.78 Å². The van der Waals surface area contributed by atoms with Crippen molar-refractivity contribution in [3.05, 3.63) is 70.8 Å². The third-order valence-electron chi connectivity index (χ3n) is 5.86. The fourth-order valence-corrected chi connectivity index (χ4v) is 3.99. The van der Waals surface area contributed by atoms with E-state index in [9.17, 15) is 36.2 Å². The molecule has 0 radical (unpaired) electrons. The quantitative estimate of drug-likeness (QED) is 0.550. The Morgan fingerprint density at radius 1 is 0.906 bits per heavy atom. The van der Waals surface area contributed by atoms with Crippen LogP contribution in [0.2, 0.25) is 0 Å². The van der Waals surface area contributed by atoms with Crippen LogP contribution in [0.4, 0.5) is 26.3 Å². The summed E-state index contributed by atoms with van der Waals surface area (Å²) in [4.78, 5) is 11.8. The number of benzene rings is 2. The second kappa shape index (κ2) is 9.23. The fraction of sp³-hybridized carbons (Fsp3) is 0.435. The number of alkyl halides is 6. The normalized spacial score (nSPS) is 17.9. The van der Waals surface area contributed by atoms with Crippen molar-refractivity contribution in [2.45, 2.75) is 49.6 Å². The van der Waals surface area contributed by atoms with E-state index >= 15 is 0 Å². The molecule has 0 aliphatic heterocycles. The predicted molar refractivity (Wildman–Crippen MR) is 104 cm³/mol. The number of aliphatic hydroxyl groups is 1. The largest absolute Gasteiger partial charge is 0.416 e. The molecule has 0 heterocycles. The lowest BCUT2D eigenvalue weighted by Gasteiger charge is -2.38. The van der Waals surface area contributed by atoms with Crippen LogP contribution in [0.3, 0.4) is 0 Å². The van der Waals surface area contributed by atoms with Crippen LogP contribution in [-0.2, 0) is 27.3 Å². The molecule has 0 saturated heterocycles. The molecule has 2 aromatic rings. The molecule has 2 aromatic carbocycles. The van der Waals surface area contributed by atoms with Crippen LogP contribution in [0, 0.1) is 0 Å². The van der Waals surface area contributed by atoms with Crippen molar-refractivity contribution in [2.75, 3.05) is 13.2 Å². The molecule has 174 valence electrons. The van der Waals surface area contributed by atoms with Crippen LogP contribution < -0.4 is 0 Å². The molecule has 0 spiro atoms. The molecule has 1 fully saturated rings. The summed E-state index contributed by atoms with van der Waals surface area (Å²) in [6.45, 7) is -0.866. The van der Waals surface area contributed by atoms with Crippen LogP contribution in [0.15, 0.2) is 48.5 Å². The van der Waals surface area contributed by atoms with Crippen molar-refractivity contribution in [1.29, 1.82) is 0 Å². The van der Waals surface area contributed by atoms with Crippen molar-refractivity contribution in [3.8, 4) is 0 Å². The number of hydrogen-bond donors (Lipinski definition) is 1. The second-order valence-electron chi connectivity index (χ2n) is 8.01. The third-order valence-corrected chi connectivity index (χ3v) is 5.86. The maximum absolute atomic E-state index is 13.2. The maximum Gasteiger partial charge on any atom is 0.416 e. The zero-order chi connectivity index (χ0) is 23.6. The van der Waals surface area contributed by atoms with Gasteiger partial charge in [0.25, 0.3) is 0 Å². The number of Topliss-reactive ketones (excluding diaryl/α,β-unsaturated/α-hetero) is 1. The highest BCUT2D eigenvalue weighted by Gasteiger charge is 2.39. The second-order valence-corrected chi connectivity index (χ2v) is 8.01. The van der Waals surface area contributed by atoms with Gasteiger partial charge in [0.1, 0.15) is 11.9 Å². The van der Waals surface area contributed by atoms with E-state index < -0.39 is 47.2 Å². The van der Waals surface area contributed by atoms with Crippen molar-refractivity contribution in [2.24, 2.45) is 0 Å². The highest BCUT2D eigenvalue weighted by Crippen LogP contribution is 2.41. The molecule has 1 atom stereocenters. The topological polar surface area (TPSA) is 46.5 Å². The molecule has 9 heteroatoms. The summed E-state index contributed by atoms with van der Waals surface area (Å²) in [5, 5.41) is 9.75. The standard InChI is InChI=1S/C23H22F6O3/c24-22(25,26)17-10-15(11-18(12-17)23(27,28)29)20(13-30)32-14-21(8-6-19(31)7-9-21)16-4-2-1-3-5-16/h1-5,10-12,20,30H,6-9,13-14H2. The van der Waals surface area contributed by atoms with Gasteiger partial charge in [-0.3, -0.25) is 4.79 Å². The maximum atomic E-state index is 13.2. The van der Waals surface area contributed by atoms with E-state index in [1.54, 1.807) is 12.1 Å². The number of carbonyl (C=O) groups is 1. The Kier molecular flexibility index (Phi) is 7.00. The average Bonchev–Trinajstić information content (AvgIpc) is 2.75. The van der Waals surface area contributed by atoms with Gasteiger partial charge in [0, 0.05) is 18.3 Å². The first-order valence-electron chi connectivity index (χ1n) is 10.0. The molecule has 1 unspecified atom stereocenters. The molecule has 1 N–H and O–H groups in total. The fourth-order valence-electron chi connectivity index (χ4n) is 3.99. The van der Waals surface area contributed by atoms with E-state index in [2.05, 4.69) is 0 Å². The summed E-state index contributed by atoms with van der Waals surface area (Å²) < 4.78 is 84.9. The van der Waals surface area contributed by atoms with Gasteiger partial charge in [-0.05, 0) is 42.2 Å². The van der Waals surface area contributed by atoms with Gasteiger partial charge in [-0.15, -0.1) is 0 Å². The summed E-state index contributed by atoms with van der Waals surface area (Å²) in [6.07, 6.45) is -9.92. The van der Waals surface area contributed by atoms with Gasteiger partial charge in [0.2, 0.25) is 0 Å². The van der Waals surface area contributed by atoms with Gasteiger partial charge in [-0.2, -0.15) is 26.3 Å². The van der Waals surface area contributed by atoms with E-state index in [0.29, 0.717) is 37.8 Å². The molecule has 3 rings (SSSR count). The SMILES string of the molecule is O=C1CCC(COC(CO)c2cc(C(F)(F)F)cc(C(F)(F)F)c2)(c2ccccc2)CC1. The Balaban J connectivity index is 1.92. The van der Waals surface area contributed by atoms with E-state index in [4.69, 9.17) is 4.74 Å². The first-order chi connectivity index (χ1) is 14.9. The first-order valence-corrected chi connectivity index (χ1v) is 10.0. The third kappa shape index (κ3) is 5.50. The molecule has 0 amide bonds. The van der Waals surface area contributed by atoms with Crippen molar-refractivity contribution < 1.29 is 41.0 Å². The van der Waals surface area contributed by atoms with Crippen molar-refractivity contribution in [1.82, 2.24) is 0 Å². The molecule has 1 aliphatic carbocycles. The Bertz CT molecular complexity index is 895. The summed E-state index contributed by atoms with van der Waals surface area (Å²) in [5.41, 5.74) is -3.11. The molecule has 0 aromatic heterocycles. The highest BCUT2D eigenvalue weighted by atomic mass is 19.4. The molecule has 0 bridgehead atoms. The molecule has 1 aliphatic rings. The summed E-state index contributed by atoms with van der Waals surface area (Å²) in [6, 6.07) is 10.3. The molecule has 3 nitrogen and oxygen atoms in total. The molecule has 32 heavy (non-hydrogen) atoms. The number of aliphatic hydroxyl groups excluding tert-OH is 1. The predicted octanol–water partition coefficient (Wildman–Crippen LogP) is 5.86. The average molecular weight is 460 g/mol. The Labute approximate surface area is 181 Å². The summed E-state index contributed by atoms with van der Waals surface area (Å²) in [5.74, 6) is 0.0861. The lowest BCUT2D eigenvalue weighted by Crippen LogP contribution is -2.37. The summed E-state index contributed by atoms with van der Waals surface area (Å²) >= 11 is 0. The van der Waals surface area contributed by atoms with Crippen LogP contribution in [0.5, 0.6) is 0 Å². The number of rotatable bonds is 6. The minimum atomic E-state index is -5.00. The first kappa shape index (κ1) is 24.3. The van der Waals surface area contributed by atoms with Gasteiger partial charge < -0.3 is 9.84 Å². The smallest absolute Gasteiger partial charge is 0.393 e. The van der Waals surface area contributed by atoms with Crippen LogP contribution >= 0.6 is 0 Å². The van der Waals surface area contributed by atoms with E-state index in [0.717, 1.165) is 5.56 Å². The van der Waals surface area contributed by atoms with Gasteiger partial charge in [-0.1, -0.05) is 30.3 Å². The zero-order valence-corrected chi connectivity index (χ0v) is 17.0. The number of hydrogen-bond acceptors (Lipinski definition) is 3. The van der Waals surface area contributed by atoms with Gasteiger partial charge in [0.05, 0.1) is 24.3 Å². The lowest BCUT2D eigenvalue weighted by atomic mass is 9.69. The van der Waals surface area contributed by atoms with E-state index in [-0.39, 0.29) is 18.5 Å². The van der Waals surface area contributed by atoms with Crippen LogP contribution in [0.1, 0.15) is 54.0 Å². The minimum Gasteiger partial charge on any atom is -0.393 e. The lowest BCUT2D eigenvalue weighted by molar-refractivity contribution is -0.143. The van der Waals surface area contributed by atoms with Crippen LogP contribution in [0.25, 0.3) is 0 Å². The van der Waals surface area contributed by atoms with Gasteiger partial charge in [0.15, 0.2) is 0 Å². The highest BCUT2D eigenvalue weighted by molar-refractivity contribution is 5.79. The Hall–Kier alpha value is -2.39. The van der Waals surface area contributed by atoms with Gasteiger partial charge >= 0.3 is 12.4 Å². The number of ketones is 1. The van der Waals surface area contributed by atoms with E-state index in [1.165, 1.54) is 0 Å². The number of ether oxygens (including phenoxy) is 1. The Morgan fingerprint density at radius 3 is 1.91 bits per heavy atom. The van der Waals surface area contributed by atoms with Gasteiger partial charge in [-0.25, -0.2) is 0 Å². The number of carbonyl (C=O) groups excluding carboxylic acids is 1. The van der Waals surface area contributed by atoms with Crippen molar-refractivity contribution in [3.63, 3.8) is 0 Å². The monoisotopic (exact) mass is 460 g/mol. The van der Waals surface area contributed by atoms with E-state index in [1.807, 2.05) is 18.2 Å². The Morgan fingerprint density at radius 2 is 1.44 bits per heavy atom. The summed E-state index contributed by atoms with van der Waals surface area (Å²) in [7, 11) is 0. The molecular formula is C23H22F6O3.